The monoisotopic (exact) mass is 287 g/mol. The number of carbonyl (C=O) groups is 1. The average molecular weight is 287 g/mol. The molecule has 1 aromatic carbocycles. The molecule has 2 rings (SSSR count). The first-order valence-corrected chi connectivity index (χ1v) is 6.40. The fourth-order valence-electron chi connectivity index (χ4n) is 1.85. The SMILES string of the molecule is Cn1ccc(CNC(=O)Cc2ccc(/C(N)=N/O)cc2)n1. The number of hydrogen-bond acceptors (Lipinski definition) is 4. The zero-order chi connectivity index (χ0) is 15.2. The number of hydrogen-bond donors (Lipinski definition) is 3. The van der Waals surface area contributed by atoms with Crippen molar-refractivity contribution in [3.63, 3.8) is 0 Å². The zero-order valence-electron chi connectivity index (χ0n) is 11.7. The highest BCUT2D eigenvalue weighted by Crippen LogP contribution is 2.05. The minimum atomic E-state index is -0.0859. The number of benzene rings is 1. The number of aryl methyl sites for hydroxylation is 1. The Bertz CT molecular complexity index is 646. The lowest BCUT2D eigenvalue weighted by molar-refractivity contribution is -0.120. The van der Waals surface area contributed by atoms with E-state index >= 15 is 0 Å². The largest absolute Gasteiger partial charge is 0.409 e. The van der Waals surface area contributed by atoms with E-state index in [0.717, 1.165) is 11.3 Å². The maximum Gasteiger partial charge on any atom is 0.224 e. The molecule has 0 unspecified atom stereocenters. The van der Waals surface area contributed by atoms with Gasteiger partial charge in [-0.2, -0.15) is 5.10 Å². The quantitative estimate of drug-likeness (QED) is 0.320. The molecule has 0 aliphatic rings. The number of carbonyl (C=O) groups excluding carboxylic acids is 1. The number of rotatable bonds is 5. The normalized spacial score (nSPS) is 11.4. The zero-order valence-corrected chi connectivity index (χ0v) is 11.7. The van der Waals surface area contributed by atoms with Crippen LogP contribution in [0.4, 0.5) is 0 Å². The molecule has 1 heterocycles. The predicted octanol–water partition coefficient (Wildman–Crippen LogP) is 0.373. The molecule has 0 fully saturated rings. The third kappa shape index (κ3) is 4.07. The molecule has 0 aliphatic carbocycles. The molecular weight excluding hydrogens is 270 g/mol. The van der Waals surface area contributed by atoms with E-state index in [2.05, 4.69) is 15.6 Å². The Labute approximate surface area is 122 Å². The summed E-state index contributed by atoms with van der Waals surface area (Å²) in [5, 5.41) is 18.5. The number of aromatic nitrogens is 2. The number of amides is 1. The standard InChI is InChI=1S/C14H17N5O2/c1-19-7-6-12(17-19)9-16-13(20)8-10-2-4-11(5-3-10)14(15)18-21/h2-7,21H,8-9H2,1H3,(H2,15,18)(H,16,20). The molecule has 0 aliphatic heterocycles. The highest BCUT2D eigenvalue weighted by Gasteiger charge is 2.05. The first-order valence-electron chi connectivity index (χ1n) is 6.40. The summed E-state index contributed by atoms with van der Waals surface area (Å²) in [5.74, 6) is -0.0432. The van der Waals surface area contributed by atoms with Crippen molar-refractivity contribution in [2.75, 3.05) is 0 Å². The molecule has 7 nitrogen and oxygen atoms in total. The Morgan fingerprint density at radius 1 is 1.38 bits per heavy atom. The van der Waals surface area contributed by atoms with Crippen LogP contribution in [0.15, 0.2) is 41.7 Å². The van der Waals surface area contributed by atoms with Gasteiger partial charge in [0.1, 0.15) is 0 Å². The van der Waals surface area contributed by atoms with E-state index in [-0.39, 0.29) is 18.2 Å². The fraction of sp³-hybridized carbons (Fsp3) is 0.214. The second kappa shape index (κ2) is 6.56. The van der Waals surface area contributed by atoms with Gasteiger partial charge in [-0.15, -0.1) is 0 Å². The number of oxime groups is 1. The molecule has 21 heavy (non-hydrogen) atoms. The lowest BCUT2D eigenvalue weighted by atomic mass is 10.1. The highest BCUT2D eigenvalue weighted by molar-refractivity contribution is 5.97. The van der Waals surface area contributed by atoms with Crippen LogP contribution < -0.4 is 11.1 Å². The van der Waals surface area contributed by atoms with Gasteiger partial charge in [0, 0.05) is 18.8 Å². The predicted molar refractivity (Wildman–Crippen MR) is 77.7 cm³/mol. The summed E-state index contributed by atoms with van der Waals surface area (Å²) in [5.41, 5.74) is 7.74. The van der Waals surface area contributed by atoms with Gasteiger partial charge < -0.3 is 16.3 Å². The molecule has 0 atom stereocenters. The first kappa shape index (κ1) is 14.6. The summed E-state index contributed by atoms with van der Waals surface area (Å²) < 4.78 is 1.69. The van der Waals surface area contributed by atoms with Crippen LogP contribution in [0.3, 0.4) is 0 Å². The molecule has 7 heteroatoms. The van der Waals surface area contributed by atoms with E-state index in [0.29, 0.717) is 12.1 Å². The summed E-state index contributed by atoms with van der Waals surface area (Å²) >= 11 is 0. The maximum atomic E-state index is 11.8. The molecule has 110 valence electrons. The van der Waals surface area contributed by atoms with Crippen LogP contribution in [0.1, 0.15) is 16.8 Å². The van der Waals surface area contributed by atoms with E-state index in [1.54, 1.807) is 28.9 Å². The molecule has 0 saturated carbocycles. The van der Waals surface area contributed by atoms with Gasteiger partial charge in [0.15, 0.2) is 5.84 Å². The van der Waals surface area contributed by atoms with Crippen LogP contribution in [0.5, 0.6) is 0 Å². The van der Waals surface area contributed by atoms with Gasteiger partial charge in [0.05, 0.1) is 18.7 Å². The van der Waals surface area contributed by atoms with Crippen LogP contribution in [0.2, 0.25) is 0 Å². The van der Waals surface area contributed by atoms with Gasteiger partial charge in [-0.05, 0) is 11.6 Å². The van der Waals surface area contributed by atoms with Gasteiger partial charge >= 0.3 is 0 Å². The lowest BCUT2D eigenvalue weighted by Gasteiger charge is -2.05. The van der Waals surface area contributed by atoms with Gasteiger partial charge in [-0.1, -0.05) is 29.4 Å². The second-order valence-electron chi connectivity index (χ2n) is 4.62. The summed E-state index contributed by atoms with van der Waals surface area (Å²) in [6.45, 7) is 0.405. The number of nitrogens with one attached hydrogen (secondary N) is 1. The third-order valence-corrected chi connectivity index (χ3v) is 2.96. The number of nitrogens with zero attached hydrogens (tertiary/aromatic N) is 3. The van der Waals surface area contributed by atoms with Gasteiger partial charge in [-0.25, -0.2) is 0 Å². The minimum Gasteiger partial charge on any atom is -0.409 e. The van der Waals surface area contributed by atoms with E-state index in [1.807, 2.05) is 19.3 Å². The number of amidine groups is 1. The smallest absolute Gasteiger partial charge is 0.224 e. The van der Waals surface area contributed by atoms with E-state index < -0.39 is 0 Å². The van der Waals surface area contributed by atoms with E-state index in [1.165, 1.54) is 0 Å². The summed E-state index contributed by atoms with van der Waals surface area (Å²) in [7, 11) is 1.83. The van der Waals surface area contributed by atoms with Crippen molar-refractivity contribution in [1.82, 2.24) is 15.1 Å². The molecule has 0 bridgehead atoms. The minimum absolute atomic E-state index is 0.0427. The topological polar surface area (TPSA) is 106 Å². The van der Waals surface area contributed by atoms with Crippen molar-refractivity contribution in [2.24, 2.45) is 17.9 Å². The van der Waals surface area contributed by atoms with Gasteiger partial charge in [0.25, 0.3) is 0 Å². The average Bonchev–Trinajstić information content (AvgIpc) is 2.91. The van der Waals surface area contributed by atoms with Crippen molar-refractivity contribution < 1.29 is 10.0 Å². The van der Waals surface area contributed by atoms with Crippen molar-refractivity contribution in [3.05, 3.63) is 53.3 Å². The van der Waals surface area contributed by atoms with Crippen LogP contribution in [0, 0.1) is 0 Å². The molecule has 0 radical (unpaired) electrons. The van der Waals surface area contributed by atoms with Crippen molar-refractivity contribution in [2.45, 2.75) is 13.0 Å². The maximum absolute atomic E-state index is 11.8. The second-order valence-corrected chi connectivity index (χ2v) is 4.62. The van der Waals surface area contributed by atoms with Crippen LogP contribution in [0.25, 0.3) is 0 Å². The molecule has 0 saturated heterocycles. The Morgan fingerprint density at radius 3 is 2.67 bits per heavy atom. The Hall–Kier alpha value is -2.83. The van der Waals surface area contributed by atoms with Crippen LogP contribution in [-0.2, 0) is 24.8 Å². The Balaban J connectivity index is 1.87. The van der Waals surface area contributed by atoms with Gasteiger partial charge in [-0.3, -0.25) is 9.48 Å². The van der Waals surface area contributed by atoms with Crippen LogP contribution in [-0.4, -0.2) is 26.7 Å². The summed E-state index contributed by atoms with van der Waals surface area (Å²) in [6, 6.07) is 8.81. The van der Waals surface area contributed by atoms with Crippen molar-refractivity contribution >= 4 is 11.7 Å². The highest BCUT2D eigenvalue weighted by atomic mass is 16.4. The molecule has 1 amide bonds. The Morgan fingerprint density at radius 2 is 2.10 bits per heavy atom. The lowest BCUT2D eigenvalue weighted by Crippen LogP contribution is -2.24. The van der Waals surface area contributed by atoms with Crippen molar-refractivity contribution in [3.8, 4) is 0 Å². The van der Waals surface area contributed by atoms with Crippen LogP contribution >= 0.6 is 0 Å². The fourth-order valence-corrected chi connectivity index (χ4v) is 1.85. The van der Waals surface area contributed by atoms with Crippen molar-refractivity contribution in [1.29, 1.82) is 0 Å². The molecule has 4 N–H and O–H groups in total. The molecular formula is C14H17N5O2. The van der Waals surface area contributed by atoms with E-state index in [9.17, 15) is 4.79 Å². The first-order chi connectivity index (χ1) is 10.1. The Kier molecular flexibility index (Phi) is 4.55. The molecule has 1 aromatic heterocycles. The van der Waals surface area contributed by atoms with E-state index in [4.69, 9.17) is 10.9 Å². The number of nitrogens with two attached hydrogens (primary N) is 1. The third-order valence-electron chi connectivity index (χ3n) is 2.96. The summed E-state index contributed by atoms with van der Waals surface area (Å²) in [4.78, 5) is 11.8. The van der Waals surface area contributed by atoms with Gasteiger partial charge in [0.2, 0.25) is 5.91 Å². The summed E-state index contributed by atoms with van der Waals surface area (Å²) in [6.07, 6.45) is 2.09. The molecule has 2 aromatic rings. The molecule has 0 spiro atoms.